The third-order valence-corrected chi connectivity index (χ3v) is 1.81. The van der Waals surface area contributed by atoms with E-state index in [1.807, 2.05) is 6.92 Å². The lowest BCUT2D eigenvalue weighted by Gasteiger charge is -2.11. The number of hydrogen-bond acceptors (Lipinski definition) is 3. The summed E-state index contributed by atoms with van der Waals surface area (Å²) in [6.45, 7) is 5.45. The summed E-state index contributed by atoms with van der Waals surface area (Å²) in [6, 6.07) is 6.67. The van der Waals surface area contributed by atoms with Crippen LogP contribution in [-0.2, 0) is 0 Å². The monoisotopic (exact) mass is 192 g/mol. The van der Waals surface area contributed by atoms with E-state index in [2.05, 4.69) is 6.58 Å². The molecule has 0 aliphatic carbocycles. The average molecular weight is 192 g/mol. The lowest BCUT2D eigenvalue weighted by atomic mass is 9.80. The van der Waals surface area contributed by atoms with Gasteiger partial charge in [-0.2, -0.15) is 0 Å². The van der Waals surface area contributed by atoms with Gasteiger partial charge in [0.2, 0.25) is 0 Å². The predicted octanol–water partition coefficient (Wildman–Crippen LogP) is 0.320. The first-order chi connectivity index (χ1) is 6.63. The first kappa shape index (κ1) is 10.8. The molecule has 0 aliphatic heterocycles. The van der Waals surface area contributed by atoms with Crippen molar-refractivity contribution in [1.29, 1.82) is 0 Å². The van der Waals surface area contributed by atoms with Crippen LogP contribution in [0.25, 0.3) is 0 Å². The minimum Gasteiger partial charge on any atom is -0.487 e. The van der Waals surface area contributed by atoms with E-state index < -0.39 is 7.12 Å². The highest BCUT2D eigenvalue weighted by molar-refractivity contribution is 6.58. The van der Waals surface area contributed by atoms with Crippen LogP contribution < -0.4 is 10.2 Å². The Bertz CT molecular complexity index is 312. The van der Waals surface area contributed by atoms with Crippen molar-refractivity contribution in [2.24, 2.45) is 0 Å². The molecule has 0 spiro atoms. The summed E-state index contributed by atoms with van der Waals surface area (Å²) in [6.07, 6.45) is 1.57. The Morgan fingerprint density at radius 2 is 2.21 bits per heavy atom. The number of hydrogen-bond donors (Lipinski definition) is 2. The van der Waals surface area contributed by atoms with E-state index in [9.17, 15) is 0 Å². The maximum atomic E-state index is 8.92. The number of rotatable bonds is 4. The molecule has 1 unspecified atom stereocenters. The Morgan fingerprint density at radius 1 is 1.50 bits per heavy atom. The molecule has 2 N–H and O–H groups in total. The molecule has 1 aromatic rings. The van der Waals surface area contributed by atoms with Crippen molar-refractivity contribution in [2.75, 3.05) is 0 Å². The zero-order valence-corrected chi connectivity index (χ0v) is 8.05. The molecule has 0 amide bonds. The molecule has 1 rings (SSSR count). The van der Waals surface area contributed by atoms with E-state index in [-0.39, 0.29) is 6.10 Å². The second-order valence-corrected chi connectivity index (χ2v) is 3.00. The van der Waals surface area contributed by atoms with Gasteiger partial charge in [0.05, 0.1) is 0 Å². The van der Waals surface area contributed by atoms with Crippen LogP contribution in [0.1, 0.15) is 6.92 Å². The zero-order chi connectivity index (χ0) is 10.6. The highest BCUT2D eigenvalue weighted by Crippen LogP contribution is 2.10. The summed E-state index contributed by atoms with van der Waals surface area (Å²) in [4.78, 5) is 0. The van der Waals surface area contributed by atoms with Crippen LogP contribution in [0.3, 0.4) is 0 Å². The van der Waals surface area contributed by atoms with E-state index in [0.717, 1.165) is 0 Å². The van der Waals surface area contributed by atoms with Crippen molar-refractivity contribution in [3.05, 3.63) is 36.9 Å². The Balaban J connectivity index is 2.78. The minimum atomic E-state index is -1.46. The fraction of sp³-hybridized carbons (Fsp3) is 0.200. The van der Waals surface area contributed by atoms with Gasteiger partial charge in [-0.25, -0.2) is 0 Å². The molecule has 0 aromatic heterocycles. The number of benzene rings is 1. The third kappa shape index (κ3) is 2.90. The second kappa shape index (κ2) is 4.84. The van der Waals surface area contributed by atoms with Crippen LogP contribution >= 0.6 is 0 Å². The first-order valence-electron chi connectivity index (χ1n) is 4.39. The molecule has 1 aromatic carbocycles. The number of ether oxygens (including phenoxy) is 1. The molecule has 14 heavy (non-hydrogen) atoms. The molecule has 4 heteroatoms. The van der Waals surface area contributed by atoms with E-state index >= 15 is 0 Å². The van der Waals surface area contributed by atoms with Crippen LogP contribution in [0.15, 0.2) is 36.9 Å². The van der Waals surface area contributed by atoms with Crippen LogP contribution in [-0.4, -0.2) is 23.3 Å². The van der Waals surface area contributed by atoms with Crippen LogP contribution in [0.5, 0.6) is 5.75 Å². The normalized spacial score (nSPS) is 11.9. The van der Waals surface area contributed by atoms with Crippen molar-refractivity contribution in [3.8, 4) is 5.75 Å². The quantitative estimate of drug-likeness (QED) is 0.533. The summed E-state index contributed by atoms with van der Waals surface area (Å²) in [5, 5.41) is 17.8. The first-order valence-corrected chi connectivity index (χ1v) is 4.39. The molecule has 0 heterocycles. The maximum Gasteiger partial charge on any atom is 0.488 e. The van der Waals surface area contributed by atoms with Crippen molar-refractivity contribution in [1.82, 2.24) is 0 Å². The molecule has 0 saturated heterocycles. The molecule has 0 bridgehead atoms. The van der Waals surface area contributed by atoms with Gasteiger partial charge in [0.15, 0.2) is 0 Å². The van der Waals surface area contributed by atoms with Crippen LogP contribution in [0.4, 0.5) is 0 Å². The molecule has 0 aliphatic rings. The van der Waals surface area contributed by atoms with Gasteiger partial charge in [0, 0.05) is 0 Å². The third-order valence-electron chi connectivity index (χ3n) is 1.81. The Labute approximate surface area is 83.8 Å². The van der Waals surface area contributed by atoms with Crippen LogP contribution in [0, 0.1) is 0 Å². The second-order valence-electron chi connectivity index (χ2n) is 3.00. The summed E-state index contributed by atoms with van der Waals surface area (Å²) >= 11 is 0. The van der Waals surface area contributed by atoms with Gasteiger partial charge >= 0.3 is 7.12 Å². The molecule has 0 radical (unpaired) electrons. The van der Waals surface area contributed by atoms with Gasteiger partial charge in [-0.05, 0) is 24.5 Å². The molecular weight excluding hydrogens is 179 g/mol. The molecule has 0 fully saturated rings. The lowest BCUT2D eigenvalue weighted by Crippen LogP contribution is -2.29. The highest BCUT2D eigenvalue weighted by Gasteiger charge is 2.11. The summed E-state index contributed by atoms with van der Waals surface area (Å²) in [7, 11) is -1.46. The Morgan fingerprint density at radius 3 is 2.79 bits per heavy atom. The van der Waals surface area contributed by atoms with Gasteiger partial charge < -0.3 is 14.8 Å². The Kier molecular flexibility index (Phi) is 3.74. The van der Waals surface area contributed by atoms with Gasteiger partial charge in [-0.15, -0.1) is 0 Å². The predicted molar refractivity (Wildman–Crippen MR) is 56.6 cm³/mol. The summed E-state index contributed by atoms with van der Waals surface area (Å²) in [5.41, 5.74) is 0.416. The minimum absolute atomic E-state index is 0.0962. The van der Waals surface area contributed by atoms with Gasteiger partial charge in [-0.1, -0.05) is 24.8 Å². The van der Waals surface area contributed by atoms with Crippen molar-refractivity contribution in [2.45, 2.75) is 13.0 Å². The average Bonchev–Trinajstić information content (AvgIpc) is 2.18. The summed E-state index contributed by atoms with van der Waals surface area (Å²) in [5.74, 6) is 0.600. The van der Waals surface area contributed by atoms with Crippen molar-refractivity contribution >= 4 is 12.6 Å². The molecule has 1 atom stereocenters. The molecule has 3 nitrogen and oxygen atoms in total. The molecule has 0 saturated carbocycles. The fourth-order valence-corrected chi connectivity index (χ4v) is 1.01. The fourth-order valence-electron chi connectivity index (χ4n) is 1.01. The van der Waals surface area contributed by atoms with Gasteiger partial charge in [0.25, 0.3) is 0 Å². The molecule has 74 valence electrons. The topological polar surface area (TPSA) is 49.7 Å². The van der Waals surface area contributed by atoms with Gasteiger partial charge in [-0.3, -0.25) is 0 Å². The summed E-state index contributed by atoms with van der Waals surface area (Å²) < 4.78 is 5.41. The Hall–Kier alpha value is -1.26. The standard InChI is InChI=1S/C10H13BO3/c1-3-8(2)14-10-6-4-5-9(7-10)11(12)13/h3-8,12-13H,1H2,2H3. The van der Waals surface area contributed by atoms with E-state index in [1.165, 1.54) is 0 Å². The SMILES string of the molecule is C=CC(C)Oc1cccc(B(O)O)c1. The lowest BCUT2D eigenvalue weighted by molar-refractivity contribution is 0.270. The molecular formula is C10H13BO3. The zero-order valence-electron chi connectivity index (χ0n) is 8.05. The van der Waals surface area contributed by atoms with Crippen molar-refractivity contribution < 1.29 is 14.8 Å². The smallest absolute Gasteiger partial charge is 0.487 e. The van der Waals surface area contributed by atoms with Gasteiger partial charge in [0.1, 0.15) is 11.9 Å². The maximum absolute atomic E-state index is 8.92. The van der Waals surface area contributed by atoms with E-state index in [0.29, 0.717) is 11.2 Å². The largest absolute Gasteiger partial charge is 0.488 e. The van der Waals surface area contributed by atoms with E-state index in [1.54, 1.807) is 30.3 Å². The van der Waals surface area contributed by atoms with Crippen molar-refractivity contribution in [3.63, 3.8) is 0 Å². The van der Waals surface area contributed by atoms with E-state index in [4.69, 9.17) is 14.8 Å². The highest BCUT2D eigenvalue weighted by atomic mass is 16.5. The van der Waals surface area contributed by atoms with Crippen LogP contribution in [0.2, 0.25) is 0 Å².